The highest BCUT2D eigenvalue weighted by Gasteiger charge is 2.28. The number of nitrogens with zero attached hydrogens (tertiary/aromatic N) is 2. The third-order valence-corrected chi connectivity index (χ3v) is 5.55. The SMILES string of the molecule is Cc1cc(C(=O)Nc2ccc(N3C[C@@H](C)O[C@@H](C)C3)cc2)c(C)n1C1CC1. The van der Waals surface area contributed by atoms with E-state index in [4.69, 9.17) is 4.74 Å². The van der Waals surface area contributed by atoms with Crippen molar-refractivity contribution < 1.29 is 9.53 Å². The van der Waals surface area contributed by atoms with E-state index in [9.17, 15) is 4.79 Å². The summed E-state index contributed by atoms with van der Waals surface area (Å²) in [7, 11) is 0. The predicted molar refractivity (Wildman–Crippen MR) is 109 cm³/mol. The second-order valence-corrected chi connectivity index (χ2v) is 8.05. The Morgan fingerprint density at radius 3 is 2.30 bits per heavy atom. The number of carbonyl (C=O) groups is 1. The summed E-state index contributed by atoms with van der Waals surface area (Å²) in [5.74, 6) is -0.0311. The number of anilines is 2. The molecule has 2 atom stereocenters. The lowest BCUT2D eigenvalue weighted by Crippen LogP contribution is -2.45. The zero-order valence-electron chi connectivity index (χ0n) is 16.7. The fraction of sp³-hybridized carbons (Fsp3) is 0.500. The van der Waals surface area contributed by atoms with Crippen molar-refractivity contribution in [3.63, 3.8) is 0 Å². The number of benzene rings is 1. The van der Waals surface area contributed by atoms with Crippen LogP contribution in [0, 0.1) is 13.8 Å². The van der Waals surface area contributed by atoms with Crippen LogP contribution in [0.4, 0.5) is 11.4 Å². The molecule has 2 fully saturated rings. The summed E-state index contributed by atoms with van der Waals surface area (Å²) >= 11 is 0. The van der Waals surface area contributed by atoms with Crippen molar-refractivity contribution in [2.75, 3.05) is 23.3 Å². The van der Waals surface area contributed by atoms with Gasteiger partial charge in [-0.3, -0.25) is 4.79 Å². The van der Waals surface area contributed by atoms with Gasteiger partial charge < -0.3 is 19.5 Å². The number of morpholine rings is 1. The lowest BCUT2D eigenvalue weighted by atomic mass is 10.2. The molecule has 1 aliphatic heterocycles. The molecule has 1 N–H and O–H groups in total. The van der Waals surface area contributed by atoms with Gasteiger partial charge >= 0.3 is 0 Å². The molecule has 5 nitrogen and oxygen atoms in total. The molecular weight excluding hydrogens is 338 g/mol. The van der Waals surface area contributed by atoms with Gasteiger partial charge in [-0.25, -0.2) is 0 Å². The van der Waals surface area contributed by atoms with Crippen molar-refractivity contribution in [2.24, 2.45) is 0 Å². The summed E-state index contributed by atoms with van der Waals surface area (Å²) in [4.78, 5) is 15.1. The standard InChI is InChI=1S/C22H29N3O2/c1-14-11-21(17(4)25(14)20-9-10-20)22(26)23-18-5-7-19(8-6-18)24-12-15(2)27-16(3)13-24/h5-8,11,15-16,20H,9-10,12-13H2,1-4H3,(H,23,26)/t15-,16+. The number of hydrogen-bond donors (Lipinski definition) is 1. The maximum absolute atomic E-state index is 12.8. The van der Waals surface area contributed by atoms with Crippen LogP contribution in [0.1, 0.15) is 54.5 Å². The fourth-order valence-electron chi connectivity index (χ4n) is 4.24. The molecule has 1 saturated carbocycles. The Labute approximate surface area is 161 Å². The zero-order valence-corrected chi connectivity index (χ0v) is 16.7. The van der Waals surface area contributed by atoms with Gasteiger partial charge in [-0.05, 0) is 70.9 Å². The second kappa shape index (κ2) is 7.04. The molecule has 0 unspecified atom stereocenters. The summed E-state index contributed by atoms with van der Waals surface area (Å²) in [5, 5.41) is 3.05. The molecule has 1 aromatic heterocycles. The van der Waals surface area contributed by atoms with Crippen LogP contribution in [-0.2, 0) is 4.74 Å². The summed E-state index contributed by atoms with van der Waals surface area (Å²) in [6.07, 6.45) is 2.90. The van der Waals surface area contributed by atoms with Crippen LogP contribution in [-0.4, -0.2) is 35.8 Å². The lowest BCUT2D eigenvalue weighted by molar-refractivity contribution is -0.00521. The van der Waals surface area contributed by atoms with E-state index in [1.54, 1.807) is 0 Å². The quantitative estimate of drug-likeness (QED) is 0.876. The molecule has 1 aliphatic carbocycles. The molecule has 27 heavy (non-hydrogen) atoms. The maximum atomic E-state index is 12.8. The van der Waals surface area contributed by atoms with E-state index in [1.165, 1.54) is 24.2 Å². The van der Waals surface area contributed by atoms with Crippen LogP contribution < -0.4 is 10.2 Å². The van der Waals surface area contributed by atoms with Gasteiger partial charge in [0, 0.05) is 41.9 Å². The lowest BCUT2D eigenvalue weighted by Gasteiger charge is -2.36. The molecule has 4 rings (SSSR count). The number of aromatic nitrogens is 1. The third kappa shape index (κ3) is 3.74. The van der Waals surface area contributed by atoms with E-state index in [0.29, 0.717) is 6.04 Å². The van der Waals surface area contributed by atoms with Crippen LogP contribution in [0.15, 0.2) is 30.3 Å². The van der Waals surface area contributed by atoms with E-state index in [1.807, 2.05) is 25.1 Å². The van der Waals surface area contributed by atoms with Gasteiger partial charge in [-0.1, -0.05) is 0 Å². The molecule has 144 valence electrons. The monoisotopic (exact) mass is 367 g/mol. The van der Waals surface area contributed by atoms with Crippen molar-refractivity contribution in [3.05, 3.63) is 47.3 Å². The van der Waals surface area contributed by atoms with Gasteiger partial charge in [0.25, 0.3) is 5.91 Å². The third-order valence-electron chi connectivity index (χ3n) is 5.55. The molecule has 1 saturated heterocycles. The average Bonchev–Trinajstić information content (AvgIpc) is 3.39. The number of hydrogen-bond acceptors (Lipinski definition) is 3. The molecule has 2 heterocycles. The van der Waals surface area contributed by atoms with Crippen LogP contribution in [0.25, 0.3) is 0 Å². The fourth-order valence-corrected chi connectivity index (χ4v) is 4.24. The van der Waals surface area contributed by atoms with E-state index >= 15 is 0 Å². The number of carbonyl (C=O) groups excluding carboxylic acids is 1. The Balaban J connectivity index is 1.45. The molecular formula is C22H29N3O2. The predicted octanol–water partition coefficient (Wildman–Crippen LogP) is 4.31. The van der Waals surface area contributed by atoms with Gasteiger partial charge in [-0.2, -0.15) is 0 Å². The van der Waals surface area contributed by atoms with E-state index in [2.05, 4.69) is 47.7 Å². The second-order valence-electron chi connectivity index (χ2n) is 8.05. The zero-order chi connectivity index (χ0) is 19.1. The number of rotatable bonds is 4. The van der Waals surface area contributed by atoms with Crippen LogP contribution in [0.5, 0.6) is 0 Å². The van der Waals surface area contributed by atoms with E-state index < -0.39 is 0 Å². The first-order chi connectivity index (χ1) is 12.9. The van der Waals surface area contributed by atoms with Crippen LogP contribution in [0.3, 0.4) is 0 Å². The van der Waals surface area contributed by atoms with Gasteiger partial charge in [0.05, 0.1) is 17.8 Å². The molecule has 5 heteroatoms. The van der Waals surface area contributed by atoms with Gasteiger partial charge in [0.15, 0.2) is 0 Å². The number of ether oxygens (including phenoxy) is 1. The average molecular weight is 367 g/mol. The van der Waals surface area contributed by atoms with Crippen LogP contribution >= 0.6 is 0 Å². The smallest absolute Gasteiger partial charge is 0.257 e. The highest BCUT2D eigenvalue weighted by molar-refractivity contribution is 6.05. The molecule has 1 amide bonds. The first-order valence-electron chi connectivity index (χ1n) is 9.92. The highest BCUT2D eigenvalue weighted by atomic mass is 16.5. The molecule has 0 radical (unpaired) electrons. The summed E-state index contributed by atoms with van der Waals surface area (Å²) in [6, 6.07) is 10.7. The van der Waals surface area contributed by atoms with E-state index in [-0.39, 0.29) is 18.1 Å². The Morgan fingerprint density at radius 2 is 1.70 bits per heavy atom. The van der Waals surface area contributed by atoms with Crippen molar-refractivity contribution in [1.82, 2.24) is 4.57 Å². The highest BCUT2D eigenvalue weighted by Crippen LogP contribution is 2.38. The molecule has 1 aromatic carbocycles. The summed E-state index contributed by atoms with van der Waals surface area (Å²) in [6.45, 7) is 10.1. The first kappa shape index (κ1) is 18.1. The van der Waals surface area contributed by atoms with Crippen LogP contribution in [0.2, 0.25) is 0 Å². The number of nitrogens with one attached hydrogen (secondary N) is 1. The van der Waals surface area contributed by atoms with Gasteiger partial charge in [-0.15, -0.1) is 0 Å². The van der Waals surface area contributed by atoms with Gasteiger partial charge in [0.2, 0.25) is 0 Å². The topological polar surface area (TPSA) is 46.5 Å². The minimum absolute atomic E-state index is 0.0311. The molecule has 0 spiro atoms. The van der Waals surface area contributed by atoms with Crippen molar-refractivity contribution in [2.45, 2.75) is 58.8 Å². The number of aryl methyl sites for hydroxylation is 1. The maximum Gasteiger partial charge on any atom is 0.257 e. The van der Waals surface area contributed by atoms with Gasteiger partial charge in [0.1, 0.15) is 0 Å². The number of amides is 1. The first-order valence-corrected chi connectivity index (χ1v) is 9.92. The normalized spacial score (nSPS) is 22.7. The minimum Gasteiger partial charge on any atom is -0.372 e. The van der Waals surface area contributed by atoms with Crippen molar-refractivity contribution in [1.29, 1.82) is 0 Å². The summed E-state index contributed by atoms with van der Waals surface area (Å²) < 4.78 is 8.11. The Kier molecular flexibility index (Phi) is 4.72. The molecule has 0 bridgehead atoms. The Morgan fingerprint density at radius 1 is 1.07 bits per heavy atom. The molecule has 2 aliphatic rings. The Bertz CT molecular complexity index is 826. The molecule has 2 aromatic rings. The minimum atomic E-state index is -0.0311. The Hall–Kier alpha value is -2.27. The van der Waals surface area contributed by atoms with E-state index in [0.717, 1.165) is 30.0 Å². The van der Waals surface area contributed by atoms with Crippen molar-refractivity contribution >= 4 is 17.3 Å². The van der Waals surface area contributed by atoms with Crippen molar-refractivity contribution in [3.8, 4) is 0 Å². The largest absolute Gasteiger partial charge is 0.372 e. The summed E-state index contributed by atoms with van der Waals surface area (Å²) in [5.41, 5.74) is 5.02.